The molecule has 2 aliphatic rings. The van der Waals surface area contributed by atoms with E-state index in [2.05, 4.69) is 9.89 Å². The first-order chi connectivity index (χ1) is 6.20. The van der Waals surface area contributed by atoms with E-state index in [1.54, 1.807) is 6.92 Å². The third kappa shape index (κ3) is 0.966. The predicted molar refractivity (Wildman–Crippen MR) is 43.3 cm³/mol. The van der Waals surface area contributed by atoms with Gasteiger partial charge in [-0.1, -0.05) is 5.16 Å². The molecule has 0 aromatic rings. The molecule has 0 spiro atoms. The molecule has 0 aromatic heterocycles. The first kappa shape index (κ1) is 8.50. The largest absolute Gasteiger partial charge is 0.466 e. The molecule has 0 N–H and O–H groups in total. The molecule has 13 heavy (non-hydrogen) atoms. The standard InChI is InChI=1S/C8H11NO4/c1-5-6-8(13-9-5,3-4-12-6)7(10)11-2/h6H,3-4H2,1-2H3. The number of fused-ring (bicyclic) bond motifs is 1. The minimum atomic E-state index is -1.00. The van der Waals surface area contributed by atoms with E-state index in [0.717, 1.165) is 0 Å². The van der Waals surface area contributed by atoms with E-state index in [9.17, 15) is 4.79 Å². The van der Waals surface area contributed by atoms with Crippen molar-refractivity contribution in [3.8, 4) is 0 Å². The van der Waals surface area contributed by atoms with Gasteiger partial charge in [0.15, 0.2) is 6.10 Å². The lowest BCUT2D eigenvalue weighted by atomic mass is 9.94. The molecule has 0 radical (unpaired) electrons. The Balaban J connectivity index is 2.28. The number of esters is 1. The molecule has 5 nitrogen and oxygen atoms in total. The lowest BCUT2D eigenvalue weighted by molar-refractivity contribution is -0.169. The molecular weight excluding hydrogens is 174 g/mol. The molecule has 0 aliphatic carbocycles. The Hall–Kier alpha value is -1.10. The number of carbonyl (C=O) groups is 1. The molecule has 2 rings (SSSR count). The van der Waals surface area contributed by atoms with E-state index >= 15 is 0 Å². The summed E-state index contributed by atoms with van der Waals surface area (Å²) in [7, 11) is 1.34. The van der Waals surface area contributed by atoms with Gasteiger partial charge < -0.3 is 14.3 Å². The van der Waals surface area contributed by atoms with Gasteiger partial charge in [-0.05, 0) is 6.92 Å². The van der Waals surface area contributed by atoms with Crippen LogP contribution in [0.5, 0.6) is 0 Å². The molecule has 0 bridgehead atoms. The molecule has 0 saturated carbocycles. The molecule has 2 atom stereocenters. The Kier molecular flexibility index (Phi) is 1.76. The highest BCUT2D eigenvalue weighted by Crippen LogP contribution is 2.36. The molecule has 2 unspecified atom stereocenters. The summed E-state index contributed by atoms with van der Waals surface area (Å²) in [6.45, 7) is 2.29. The quantitative estimate of drug-likeness (QED) is 0.543. The van der Waals surface area contributed by atoms with Crippen molar-refractivity contribution in [2.24, 2.45) is 5.16 Å². The van der Waals surface area contributed by atoms with Gasteiger partial charge in [0, 0.05) is 6.42 Å². The van der Waals surface area contributed by atoms with Crippen LogP contribution in [0.25, 0.3) is 0 Å². The Morgan fingerprint density at radius 3 is 3.23 bits per heavy atom. The maximum absolute atomic E-state index is 11.5. The number of ether oxygens (including phenoxy) is 2. The summed E-state index contributed by atoms with van der Waals surface area (Å²) in [5, 5.41) is 3.75. The summed E-state index contributed by atoms with van der Waals surface area (Å²) < 4.78 is 10.0. The van der Waals surface area contributed by atoms with Crippen LogP contribution in [0, 0.1) is 0 Å². The second-order valence-corrected chi connectivity index (χ2v) is 3.21. The molecular formula is C8H11NO4. The number of carbonyl (C=O) groups excluding carboxylic acids is 1. The zero-order valence-corrected chi connectivity index (χ0v) is 7.57. The summed E-state index contributed by atoms with van der Waals surface area (Å²) >= 11 is 0. The summed E-state index contributed by atoms with van der Waals surface area (Å²) in [5.74, 6) is -0.407. The van der Waals surface area contributed by atoms with Gasteiger partial charge in [-0.25, -0.2) is 4.79 Å². The van der Waals surface area contributed by atoms with E-state index in [0.29, 0.717) is 18.7 Å². The minimum Gasteiger partial charge on any atom is -0.466 e. The van der Waals surface area contributed by atoms with Crippen molar-refractivity contribution in [2.75, 3.05) is 13.7 Å². The highest BCUT2D eigenvalue weighted by molar-refractivity contribution is 5.97. The van der Waals surface area contributed by atoms with E-state index in [-0.39, 0.29) is 6.10 Å². The normalized spacial score (nSPS) is 36.5. The van der Waals surface area contributed by atoms with Gasteiger partial charge >= 0.3 is 5.97 Å². The van der Waals surface area contributed by atoms with Gasteiger partial charge in [-0.3, -0.25) is 0 Å². The topological polar surface area (TPSA) is 57.1 Å². The van der Waals surface area contributed by atoms with Crippen molar-refractivity contribution in [3.63, 3.8) is 0 Å². The molecule has 2 heterocycles. The molecule has 0 aromatic carbocycles. The van der Waals surface area contributed by atoms with Crippen LogP contribution in [0.4, 0.5) is 0 Å². The van der Waals surface area contributed by atoms with E-state index < -0.39 is 11.6 Å². The van der Waals surface area contributed by atoms with Crippen molar-refractivity contribution in [3.05, 3.63) is 0 Å². The molecule has 5 heteroatoms. The number of hydrogen-bond acceptors (Lipinski definition) is 5. The highest BCUT2D eigenvalue weighted by Gasteiger charge is 2.59. The van der Waals surface area contributed by atoms with Crippen LogP contribution in [0.2, 0.25) is 0 Å². The van der Waals surface area contributed by atoms with Crippen LogP contribution in [0.15, 0.2) is 5.16 Å². The van der Waals surface area contributed by atoms with E-state index in [1.165, 1.54) is 7.11 Å². The van der Waals surface area contributed by atoms with Crippen LogP contribution >= 0.6 is 0 Å². The number of hydrogen-bond donors (Lipinski definition) is 0. The number of oxime groups is 1. The average molecular weight is 185 g/mol. The van der Waals surface area contributed by atoms with Gasteiger partial charge in [-0.15, -0.1) is 0 Å². The summed E-state index contributed by atoms with van der Waals surface area (Å²) in [5.41, 5.74) is -0.304. The van der Waals surface area contributed by atoms with Gasteiger partial charge in [0.25, 0.3) is 5.60 Å². The van der Waals surface area contributed by atoms with Crippen molar-refractivity contribution in [2.45, 2.75) is 25.0 Å². The molecule has 2 aliphatic heterocycles. The number of nitrogens with zero attached hydrogens (tertiary/aromatic N) is 1. The number of rotatable bonds is 1. The average Bonchev–Trinajstić information content (AvgIpc) is 2.67. The molecule has 0 amide bonds. The van der Waals surface area contributed by atoms with Crippen LogP contribution in [0.1, 0.15) is 13.3 Å². The second-order valence-electron chi connectivity index (χ2n) is 3.21. The maximum atomic E-state index is 11.5. The Labute approximate surface area is 75.6 Å². The van der Waals surface area contributed by atoms with Gasteiger partial charge in [0.2, 0.25) is 0 Å². The Morgan fingerprint density at radius 2 is 2.54 bits per heavy atom. The van der Waals surface area contributed by atoms with E-state index in [4.69, 9.17) is 9.57 Å². The minimum absolute atomic E-state index is 0.361. The van der Waals surface area contributed by atoms with Crippen molar-refractivity contribution in [1.82, 2.24) is 0 Å². The smallest absolute Gasteiger partial charge is 0.356 e. The van der Waals surface area contributed by atoms with E-state index in [1.807, 2.05) is 0 Å². The SMILES string of the molecule is COC(=O)C12CCOC1C(C)=NO2. The highest BCUT2D eigenvalue weighted by atomic mass is 16.7. The number of methoxy groups -OCH3 is 1. The third-order valence-corrected chi connectivity index (χ3v) is 2.44. The Morgan fingerprint density at radius 1 is 1.77 bits per heavy atom. The first-order valence-electron chi connectivity index (χ1n) is 4.13. The summed E-state index contributed by atoms with van der Waals surface area (Å²) in [6, 6.07) is 0. The van der Waals surface area contributed by atoms with Crippen LogP contribution < -0.4 is 0 Å². The first-order valence-corrected chi connectivity index (χ1v) is 4.13. The third-order valence-electron chi connectivity index (χ3n) is 2.44. The Bertz CT molecular complexity index is 275. The van der Waals surface area contributed by atoms with Crippen molar-refractivity contribution < 1.29 is 19.1 Å². The predicted octanol–water partition coefficient (Wildman–Crippen LogP) is 0.0932. The maximum Gasteiger partial charge on any atom is 0.356 e. The van der Waals surface area contributed by atoms with Gasteiger partial charge in [0.05, 0.1) is 19.4 Å². The van der Waals surface area contributed by atoms with Crippen molar-refractivity contribution in [1.29, 1.82) is 0 Å². The summed E-state index contributed by atoms with van der Waals surface area (Å²) in [6.07, 6.45) is 0.144. The van der Waals surface area contributed by atoms with Gasteiger partial charge in [0.1, 0.15) is 0 Å². The monoisotopic (exact) mass is 185 g/mol. The zero-order chi connectivity index (χ0) is 9.47. The van der Waals surface area contributed by atoms with Gasteiger partial charge in [-0.2, -0.15) is 0 Å². The molecule has 72 valence electrons. The second kappa shape index (κ2) is 2.70. The fourth-order valence-corrected chi connectivity index (χ4v) is 1.77. The lowest BCUT2D eigenvalue weighted by Gasteiger charge is -2.21. The van der Waals surface area contributed by atoms with Crippen LogP contribution in [-0.2, 0) is 19.1 Å². The van der Waals surface area contributed by atoms with Crippen LogP contribution in [-0.4, -0.2) is 37.1 Å². The van der Waals surface area contributed by atoms with Crippen molar-refractivity contribution >= 4 is 11.7 Å². The summed E-state index contributed by atoms with van der Waals surface area (Å²) in [4.78, 5) is 16.6. The fraction of sp³-hybridized carbons (Fsp3) is 0.750. The van der Waals surface area contributed by atoms with Crippen LogP contribution in [0.3, 0.4) is 0 Å². The lowest BCUT2D eigenvalue weighted by Crippen LogP contribution is -2.47. The molecule has 1 fully saturated rings. The zero-order valence-electron chi connectivity index (χ0n) is 7.57. The molecule has 1 saturated heterocycles. The fourth-order valence-electron chi connectivity index (χ4n) is 1.77.